The van der Waals surface area contributed by atoms with Gasteiger partial charge < -0.3 is 4.57 Å². The molecule has 3 aromatic carbocycles. The van der Waals surface area contributed by atoms with Crippen LogP contribution in [0.3, 0.4) is 0 Å². The lowest BCUT2D eigenvalue weighted by molar-refractivity contribution is 0.102. The fourth-order valence-corrected chi connectivity index (χ4v) is 5.07. The molecule has 0 atom stereocenters. The van der Waals surface area contributed by atoms with E-state index in [1.54, 1.807) is 0 Å². The van der Waals surface area contributed by atoms with Crippen LogP contribution < -0.4 is 0 Å². The molecule has 0 radical (unpaired) electrons. The Hall–Kier alpha value is -3.57. The summed E-state index contributed by atoms with van der Waals surface area (Å²) in [7, 11) is 0. The van der Waals surface area contributed by atoms with E-state index in [1.807, 2.05) is 74.5 Å². The number of fused-ring (bicyclic) bond motifs is 1. The van der Waals surface area contributed by atoms with Gasteiger partial charge in [-0.1, -0.05) is 60.3 Å². The molecule has 2 heterocycles. The Morgan fingerprint density at radius 3 is 2.09 bits per heavy atom. The minimum absolute atomic E-state index is 0.108. The van der Waals surface area contributed by atoms with Crippen LogP contribution in [-0.4, -0.2) is 25.7 Å². The van der Waals surface area contributed by atoms with Gasteiger partial charge in [-0.25, -0.2) is 4.98 Å². The topological polar surface area (TPSA) is 39.8 Å². The Labute approximate surface area is 191 Å². The molecule has 0 spiro atoms. The van der Waals surface area contributed by atoms with Gasteiger partial charge in [0.1, 0.15) is 0 Å². The summed E-state index contributed by atoms with van der Waals surface area (Å²) in [5.41, 5.74) is 6.86. The van der Waals surface area contributed by atoms with Crippen molar-refractivity contribution in [1.29, 1.82) is 0 Å². The van der Waals surface area contributed by atoms with Gasteiger partial charge >= 0.3 is 0 Å². The van der Waals surface area contributed by atoms with E-state index in [4.69, 9.17) is 4.98 Å². The Morgan fingerprint density at radius 2 is 1.41 bits per heavy atom. The minimum atomic E-state index is 0.108. The van der Waals surface area contributed by atoms with E-state index in [0.29, 0.717) is 5.75 Å². The van der Waals surface area contributed by atoms with Gasteiger partial charge in [-0.05, 0) is 56.3 Å². The van der Waals surface area contributed by atoms with Crippen LogP contribution in [0.25, 0.3) is 22.4 Å². The molecule has 32 heavy (non-hydrogen) atoms. The Balaban J connectivity index is 1.46. The summed E-state index contributed by atoms with van der Waals surface area (Å²) in [5, 5.41) is 0.822. The second kappa shape index (κ2) is 8.52. The minimum Gasteiger partial charge on any atom is -0.318 e. The quantitative estimate of drug-likeness (QED) is 0.228. The van der Waals surface area contributed by atoms with Crippen molar-refractivity contribution in [2.24, 2.45) is 0 Å². The summed E-state index contributed by atoms with van der Waals surface area (Å²) in [4.78, 5) is 18.0. The van der Waals surface area contributed by atoms with E-state index in [-0.39, 0.29) is 5.78 Å². The lowest BCUT2D eigenvalue weighted by Crippen LogP contribution is -2.06. The number of para-hydroxylation sites is 4. The number of thioether (sulfide) groups is 1. The van der Waals surface area contributed by atoms with Crippen molar-refractivity contribution in [1.82, 2.24) is 14.1 Å². The van der Waals surface area contributed by atoms with Gasteiger partial charge in [-0.2, -0.15) is 0 Å². The first-order valence-corrected chi connectivity index (χ1v) is 11.6. The average molecular weight is 438 g/mol. The summed E-state index contributed by atoms with van der Waals surface area (Å²) in [5.74, 6) is 0.437. The van der Waals surface area contributed by atoms with Gasteiger partial charge in [0.25, 0.3) is 0 Å². The van der Waals surface area contributed by atoms with Crippen LogP contribution in [0.5, 0.6) is 0 Å². The third kappa shape index (κ3) is 3.65. The maximum atomic E-state index is 13.2. The van der Waals surface area contributed by atoms with E-state index in [2.05, 4.69) is 39.5 Å². The SMILES string of the molecule is Cc1cc(C(=O)CSc2nc3ccccc3n2-c2ccccc2)c(C)n1-c1ccccc1. The molecule has 0 saturated carbocycles. The number of nitrogens with zero attached hydrogens (tertiary/aromatic N) is 3. The molecule has 0 amide bonds. The molecule has 0 aliphatic heterocycles. The molecule has 5 rings (SSSR count). The Morgan fingerprint density at radius 1 is 0.812 bits per heavy atom. The third-order valence-electron chi connectivity index (χ3n) is 5.62. The van der Waals surface area contributed by atoms with Crippen molar-refractivity contribution in [2.45, 2.75) is 19.0 Å². The van der Waals surface area contributed by atoms with Gasteiger partial charge in [0.05, 0.1) is 16.8 Å². The number of benzene rings is 3. The predicted molar refractivity (Wildman–Crippen MR) is 131 cm³/mol. The number of imidazole rings is 1. The predicted octanol–water partition coefficient (Wildman–Crippen LogP) is 6.41. The van der Waals surface area contributed by atoms with Crippen molar-refractivity contribution < 1.29 is 4.79 Å². The third-order valence-corrected chi connectivity index (χ3v) is 6.56. The fraction of sp³-hybridized carbons (Fsp3) is 0.111. The van der Waals surface area contributed by atoms with E-state index < -0.39 is 0 Å². The number of aromatic nitrogens is 3. The zero-order valence-electron chi connectivity index (χ0n) is 18.0. The Bertz CT molecular complexity index is 1400. The summed E-state index contributed by atoms with van der Waals surface area (Å²) >= 11 is 1.48. The summed E-state index contributed by atoms with van der Waals surface area (Å²) < 4.78 is 4.26. The van der Waals surface area contributed by atoms with Gasteiger partial charge in [0.2, 0.25) is 0 Å². The van der Waals surface area contributed by atoms with Crippen LogP contribution in [0, 0.1) is 13.8 Å². The average Bonchev–Trinajstić information content (AvgIpc) is 3.35. The van der Waals surface area contributed by atoms with Crippen LogP contribution >= 0.6 is 11.8 Å². The van der Waals surface area contributed by atoms with E-state index >= 15 is 0 Å². The summed E-state index contributed by atoms with van der Waals surface area (Å²) in [6.07, 6.45) is 0. The largest absolute Gasteiger partial charge is 0.318 e. The molecule has 0 saturated heterocycles. The number of carbonyl (C=O) groups excluding carboxylic acids is 1. The lowest BCUT2D eigenvalue weighted by Gasteiger charge is -2.10. The first kappa shape index (κ1) is 20.3. The molecule has 2 aromatic heterocycles. The Kier molecular flexibility index (Phi) is 5.41. The van der Waals surface area contributed by atoms with Crippen molar-refractivity contribution in [3.8, 4) is 11.4 Å². The highest BCUT2D eigenvalue weighted by Crippen LogP contribution is 2.29. The van der Waals surface area contributed by atoms with Crippen LogP contribution in [0.15, 0.2) is 96.2 Å². The van der Waals surface area contributed by atoms with Crippen molar-refractivity contribution in [3.63, 3.8) is 0 Å². The van der Waals surface area contributed by atoms with Crippen molar-refractivity contribution in [3.05, 3.63) is 108 Å². The molecular formula is C27H23N3OS. The number of hydrogen-bond acceptors (Lipinski definition) is 3. The molecule has 0 bridgehead atoms. The molecule has 5 heteroatoms. The highest BCUT2D eigenvalue weighted by molar-refractivity contribution is 7.99. The normalized spacial score (nSPS) is 11.2. The molecule has 0 N–H and O–H groups in total. The second-order valence-corrected chi connectivity index (χ2v) is 8.66. The first-order chi connectivity index (χ1) is 15.6. The van der Waals surface area contributed by atoms with Gasteiger partial charge in [-0.15, -0.1) is 0 Å². The molecule has 0 unspecified atom stereocenters. The van der Waals surface area contributed by atoms with Crippen LogP contribution in [0.2, 0.25) is 0 Å². The number of carbonyl (C=O) groups is 1. The van der Waals surface area contributed by atoms with Gasteiger partial charge in [-0.3, -0.25) is 9.36 Å². The lowest BCUT2D eigenvalue weighted by atomic mass is 10.2. The van der Waals surface area contributed by atoms with Crippen LogP contribution in [0.1, 0.15) is 21.7 Å². The van der Waals surface area contributed by atoms with Gasteiger partial charge in [0.15, 0.2) is 10.9 Å². The number of hydrogen-bond donors (Lipinski definition) is 0. The number of ketones is 1. The van der Waals surface area contributed by atoms with Crippen LogP contribution in [0.4, 0.5) is 0 Å². The fourth-order valence-electron chi connectivity index (χ4n) is 4.15. The molecule has 4 nitrogen and oxygen atoms in total. The molecular weight excluding hydrogens is 414 g/mol. The second-order valence-electron chi connectivity index (χ2n) is 7.72. The zero-order valence-corrected chi connectivity index (χ0v) is 18.8. The number of Topliss-reactive ketones (excluding diaryl/α,β-unsaturated/α-hetero) is 1. The molecule has 0 aliphatic rings. The highest BCUT2D eigenvalue weighted by Gasteiger charge is 2.19. The van der Waals surface area contributed by atoms with E-state index in [1.165, 1.54) is 11.8 Å². The first-order valence-electron chi connectivity index (χ1n) is 10.6. The maximum Gasteiger partial charge on any atom is 0.175 e. The smallest absolute Gasteiger partial charge is 0.175 e. The molecule has 5 aromatic rings. The van der Waals surface area contributed by atoms with E-state index in [0.717, 1.165) is 44.5 Å². The monoisotopic (exact) mass is 437 g/mol. The highest BCUT2D eigenvalue weighted by atomic mass is 32.2. The number of rotatable bonds is 6. The number of aryl methyl sites for hydroxylation is 1. The summed E-state index contributed by atoms with van der Waals surface area (Å²) in [6, 6.07) is 30.4. The molecule has 0 fully saturated rings. The van der Waals surface area contributed by atoms with Crippen LogP contribution in [-0.2, 0) is 0 Å². The standard InChI is InChI=1S/C27H23N3OS/c1-19-17-23(20(2)29(19)21-11-5-3-6-12-21)26(31)18-32-27-28-24-15-9-10-16-25(24)30(27)22-13-7-4-8-14-22/h3-17H,18H2,1-2H3. The van der Waals surface area contributed by atoms with Crippen molar-refractivity contribution >= 4 is 28.6 Å². The molecule has 158 valence electrons. The van der Waals surface area contributed by atoms with Crippen molar-refractivity contribution in [2.75, 3.05) is 5.75 Å². The molecule has 0 aliphatic carbocycles. The zero-order chi connectivity index (χ0) is 22.1. The van der Waals surface area contributed by atoms with E-state index in [9.17, 15) is 4.79 Å². The maximum absolute atomic E-state index is 13.2. The van der Waals surface area contributed by atoms with Gasteiger partial charge in [0, 0.05) is 28.3 Å². The summed E-state index contributed by atoms with van der Waals surface area (Å²) in [6.45, 7) is 4.05.